The van der Waals surface area contributed by atoms with Gasteiger partial charge in [-0.1, -0.05) is 37.5 Å². The van der Waals surface area contributed by atoms with E-state index in [2.05, 4.69) is 10.3 Å². The molecule has 3 nitrogen and oxygen atoms in total. The minimum absolute atomic E-state index is 0.131. The molecule has 3 N–H and O–H groups in total. The fraction of sp³-hybridized carbons (Fsp3) is 0.562. The summed E-state index contributed by atoms with van der Waals surface area (Å²) in [6.07, 6.45) is 7.12. The predicted molar refractivity (Wildman–Crippen MR) is 79.2 cm³/mol. The predicted octanol–water partition coefficient (Wildman–Crippen LogP) is 2.92. The Bertz CT molecular complexity index is 494. The molecule has 0 aromatic heterocycles. The van der Waals surface area contributed by atoms with E-state index >= 15 is 0 Å². The van der Waals surface area contributed by atoms with Crippen molar-refractivity contribution in [2.75, 3.05) is 0 Å². The lowest BCUT2D eigenvalue weighted by atomic mass is 9.96. The van der Waals surface area contributed by atoms with Crippen LogP contribution >= 0.6 is 0 Å². The van der Waals surface area contributed by atoms with Gasteiger partial charge < -0.3 is 11.1 Å². The number of halogens is 1. The number of guanidine groups is 1. The third-order valence-corrected chi connectivity index (χ3v) is 4.32. The zero-order valence-corrected chi connectivity index (χ0v) is 11.7. The number of hydrogen-bond donors (Lipinski definition) is 2. The van der Waals surface area contributed by atoms with E-state index in [1.807, 2.05) is 12.1 Å². The van der Waals surface area contributed by atoms with Crippen LogP contribution in [0.4, 0.5) is 4.39 Å². The average molecular weight is 275 g/mol. The van der Waals surface area contributed by atoms with Crippen LogP contribution in [0.15, 0.2) is 29.3 Å². The zero-order valence-electron chi connectivity index (χ0n) is 11.7. The minimum atomic E-state index is -0.131. The van der Waals surface area contributed by atoms with Crippen molar-refractivity contribution in [3.05, 3.63) is 35.6 Å². The molecule has 1 aromatic rings. The van der Waals surface area contributed by atoms with E-state index in [0.717, 1.165) is 12.0 Å². The second kappa shape index (κ2) is 5.81. The molecule has 20 heavy (non-hydrogen) atoms. The van der Waals surface area contributed by atoms with Crippen LogP contribution in [-0.2, 0) is 0 Å². The van der Waals surface area contributed by atoms with Crippen molar-refractivity contribution in [1.82, 2.24) is 5.32 Å². The maximum absolute atomic E-state index is 13.7. The van der Waals surface area contributed by atoms with Crippen LogP contribution in [0.3, 0.4) is 0 Å². The fourth-order valence-electron chi connectivity index (χ4n) is 3.11. The van der Waals surface area contributed by atoms with Gasteiger partial charge in [-0.2, -0.15) is 0 Å². The molecule has 0 aliphatic heterocycles. The van der Waals surface area contributed by atoms with Gasteiger partial charge in [0, 0.05) is 12.0 Å². The molecule has 2 saturated carbocycles. The maximum atomic E-state index is 13.7. The lowest BCUT2D eigenvalue weighted by Gasteiger charge is -2.23. The van der Waals surface area contributed by atoms with Crippen LogP contribution < -0.4 is 11.1 Å². The number of nitrogens with two attached hydrogens (primary N) is 1. The van der Waals surface area contributed by atoms with E-state index < -0.39 is 0 Å². The summed E-state index contributed by atoms with van der Waals surface area (Å²) in [6, 6.07) is 7.57. The van der Waals surface area contributed by atoms with Crippen molar-refractivity contribution in [2.24, 2.45) is 10.7 Å². The van der Waals surface area contributed by atoms with Gasteiger partial charge in [-0.25, -0.2) is 9.38 Å². The van der Waals surface area contributed by atoms with Gasteiger partial charge in [0.25, 0.3) is 0 Å². The molecule has 3 rings (SSSR count). The molecule has 0 amide bonds. The lowest BCUT2D eigenvalue weighted by molar-refractivity contribution is 0.412. The molecule has 0 heterocycles. The Labute approximate surface area is 119 Å². The first kappa shape index (κ1) is 13.4. The normalized spacial score (nSPS) is 27.4. The summed E-state index contributed by atoms with van der Waals surface area (Å²) < 4.78 is 13.7. The van der Waals surface area contributed by atoms with Crippen molar-refractivity contribution in [1.29, 1.82) is 0 Å². The second-order valence-corrected chi connectivity index (χ2v) is 5.92. The van der Waals surface area contributed by atoms with E-state index in [-0.39, 0.29) is 17.8 Å². The first-order chi connectivity index (χ1) is 9.74. The molecule has 0 radical (unpaired) electrons. The Kier molecular flexibility index (Phi) is 3.90. The molecule has 108 valence electrons. The standard InChI is InChI=1S/C16H22FN3/c17-14-9-5-4-8-12(14)13-10-15(13)20-16(18)19-11-6-2-1-3-7-11/h4-5,8-9,11,13,15H,1-3,6-7,10H2,(H3,18,19,20). The quantitative estimate of drug-likeness (QED) is 0.658. The van der Waals surface area contributed by atoms with E-state index in [9.17, 15) is 4.39 Å². The monoisotopic (exact) mass is 275 g/mol. The topological polar surface area (TPSA) is 50.4 Å². The Balaban J connectivity index is 1.56. The molecule has 2 unspecified atom stereocenters. The first-order valence-corrected chi connectivity index (χ1v) is 7.58. The van der Waals surface area contributed by atoms with Gasteiger partial charge in [-0.05, 0) is 30.9 Å². The molecular formula is C16H22FN3. The summed E-state index contributed by atoms with van der Waals surface area (Å²) >= 11 is 0. The minimum Gasteiger partial charge on any atom is -0.370 e. The number of benzene rings is 1. The molecule has 4 heteroatoms. The Morgan fingerprint density at radius 3 is 2.70 bits per heavy atom. The van der Waals surface area contributed by atoms with Crippen molar-refractivity contribution >= 4 is 5.96 Å². The van der Waals surface area contributed by atoms with Gasteiger partial charge in [-0.15, -0.1) is 0 Å². The van der Waals surface area contributed by atoms with Gasteiger partial charge in [0.15, 0.2) is 5.96 Å². The number of hydrogen-bond acceptors (Lipinski definition) is 1. The molecule has 0 saturated heterocycles. The molecule has 2 fully saturated rings. The summed E-state index contributed by atoms with van der Waals surface area (Å²) in [5.41, 5.74) is 6.74. The first-order valence-electron chi connectivity index (χ1n) is 7.58. The molecule has 2 aliphatic carbocycles. The van der Waals surface area contributed by atoms with E-state index in [1.165, 1.54) is 38.2 Å². The Morgan fingerprint density at radius 1 is 1.20 bits per heavy atom. The van der Waals surface area contributed by atoms with Crippen LogP contribution in [0.2, 0.25) is 0 Å². The van der Waals surface area contributed by atoms with Gasteiger partial charge in [0.05, 0.1) is 6.04 Å². The smallest absolute Gasteiger partial charge is 0.189 e. The van der Waals surface area contributed by atoms with Crippen LogP contribution in [0.5, 0.6) is 0 Å². The van der Waals surface area contributed by atoms with Crippen LogP contribution in [0.25, 0.3) is 0 Å². The van der Waals surface area contributed by atoms with E-state index in [4.69, 9.17) is 5.73 Å². The Hall–Kier alpha value is -1.58. The van der Waals surface area contributed by atoms with E-state index in [1.54, 1.807) is 6.07 Å². The summed E-state index contributed by atoms with van der Waals surface area (Å²) in [7, 11) is 0. The van der Waals surface area contributed by atoms with Gasteiger partial charge in [0.2, 0.25) is 0 Å². The van der Waals surface area contributed by atoms with Crippen molar-refractivity contribution in [3.63, 3.8) is 0 Å². The third-order valence-electron chi connectivity index (χ3n) is 4.32. The molecule has 0 bridgehead atoms. The highest BCUT2D eigenvalue weighted by molar-refractivity contribution is 5.78. The third kappa shape index (κ3) is 3.11. The van der Waals surface area contributed by atoms with Crippen LogP contribution in [0, 0.1) is 5.82 Å². The summed E-state index contributed by atoms with van der Waals surface area (Å²) in [5, 5.41) is 3.31. The highest BCUT2D eigenvalue weighted by Crippen LogP contribution is 2.44. The van der Waals surface area contributed by atoms with E-state index in [0.29, 0.717) is 12.0 Å². The molecule has 2 aliphatic rings. The van der Waals surface area contributed by atoms with Crippen molar-refractivity contribution in [3.8, 4) is 0 Å². The summed E-state index contributed by atoms with van der Waals surface area (Å²) in [4.78, 5) is 4.50. The van der Waals surface area contributed by atoms with Crippen molar-refractivity contribution in [2.45, 2.75) is 56.5 Å². The zero-order chi connectivity index (χ0) is 13.9. The SMILES string of the molecule is NC(=NC1CC1c1ccccc1F)NC1CCCCC1. The number of rotatable bonds is 3. The summed E-state index contributed by atoms with van der Waals surface area (Å²) in [5.74, 6) is 0.595. The van der Waals surface area contributed by atoms with Gasteiger partial charge >= 0.3 is 0 Å². The van der Waals surface area contributed by atoms with Gasteiger partial charge in [-0.3, -0.25) is 0 Å². The Morgan fingerprint density at radius 2 is 1.95 bits per heavy atom. The number of aliphatic imine (C=N–C) groups is 1. The molecule has 0 spiro atoms. The highest BCUT2D eigenvalue weighted by atomic mass is 19.1. The second-order valence-electron chi connectivity index (χ2n) is 5.92. The molecule has 2 atom stereocenters. The maximum Gasteiger partial charge on any atom is 0.189 e. The van der Waals surface area contributed by atoms with Crippen LogP contribution in [-0.4, -0.2) is 18.0 Å². The molecule has 1 aromatic carbocycles. The van der Waals surface area contributed by atoms with Gasteiger partial charge in [0.1, 0.15) is 5.82 Å². The average Bonchev–Trinajstić information content (AvgIpc) is 3.19. The largest absolute Gasteiger partial charge is 0.370 e. The van der Waals surface area contributed by atoms with Crippen molar-refractivity contribution < 1.29 is 4.39 Å². The number of nitrogens with zero attached hydrogens (tertiary/aromatic N) is 1. The van der Waals surface area contributed by atoms with Crippen LogP contribution in [0.1, 0.15) is 50.0 Å². The lowest BCUT2D eigenvalue weighted by Crippen LogP contribution is -2.41. The fourth-order valence-corrected chi connectivity index (χ4v) is 3.11. The highest BCUT2D eigenvalue weighted by Gasteiger charge is 2.40. The summed E-state index contributed by atoms with van der Waals surface area (Å²) in [6.45, 7) is 0. The number of nitrogens with one attached hydrogen (secondary N) is 1. The molecular weight excluding hydrogens is 253 g/mol.